The zero-order chi connectivity index (χ0) is 11.7. The number of nitrogens with two attached hydrogens (primary N) is 1. The quantitative estimate of drug-likeness (QED) is 0.423. The van der Waals surface area contributed by atoms with E-state index in [4.69, 9.17) is 5.73 Å². The summed E-state index contributed by atoms with van der Waals surface area (Å²) in [7, 11) is 0. The van der Waals surface area contributed by atoms with E-state index in [1.54, 1.807) is 0 Å². The minimum absolute atomic E-state index is 0.264. The topological polar surface area (TPSA) is 78.6 Å². The zero-order valence-electron chi connectivity index (χ0n) is 9.02. The van der Waals surface area contributed by atoms with Crippen molar-refractivity contribution < 1.29 is 19.1 Å². The molecule has 0 heterocycles. The monoisotopic (exact) mass is 235 g/mol. The summed E-state index contributed by atoms with van der Waals surface area (Å²) in [5.41, 5.74) is 5.43. The van der Waals surface area contributed by atoms with Crippen LogP contribution in [0.4, 0.5) is 4.79 Å². The van der Waals surface area contributed by atoms with Gasteiger partial charge in [-0.2, -0.15) is 11.8 Å². The van der Waals surface area contributed by atoms with Crippen molar-refractivity contribution in [2.24, 2.45) is 5.73 Å². The molecule has 0 bridgehead atoms. The maximum Gasteiger partial charge on any atom is 0.516 e. The Kier molecular flexibility index (Phi) is 8.12. The van der Waals surface area contributed by atoms with Crippen LogP contribution in [0.5, 0.6) is 0 Å². The molecule has 0 aromatic rings. The molecule has 0 rings (SSSR count). The summed E-state index contributed by atoms with van der Waals surface area (Å²) in [6.07, 6.45) is 2.50. The van der Waals surface area contributed by atoms with E-state index in [1.807, 2.05) is 13.2 Å². The average molecular weight is 235 g/mol. The molecule has 15 heavy (non-hydrogen) atoms. The normalized spacial score (nSPS) is 11.9. The van der Waals surface area contributed by atoms with Crippen molar-refractivity contribution in [1.29, 1.82) is 0 Å². The number of carbonyl (C=O) groups is 2. The smallest absolute Gasteiger partial charge is 0.434 e. The first-order chi connectivity index (χ1) is 7.11. The summed E-state index contributed by atoms with van der Waals surface area (Å²) in [4.78, 5) is 22.0. The minimum Gasteiger partial charge on any atom is -0.434 e. The third-order valence-electron chi connectivity index (χ3n) is 1.55. The Bertz CT molecular complexity index is 210. The van der Waals surface area contributed by atoms with Crippen LogP contribution in [0, 0.1) is 0 Å². The molecular formula is C9H17NO4S. The molecule has 0 aliphatic heterocycles. The van der Waals surface area contributed by atoms with Crippen LogP contribution in [0.15, 0.2) is 0 Å². The Morgan fingerprint density at radius 1 is 1.47 bits per heavy atom. The SMILES string of the molecule is CCCCOC(=O)OC(=O)[C@@H](N)CSC. The van der Waals surface area contributed by atoms with Crippen LogP contribution in [0.2, 0.25) is 0 Å². The summed E-state index contributed by atoms with van der Waals surface area (Å²) in [6, 6.07) is -0.779. The number of carbonyl (C=O) groups excluding carboxylic acids is 2. The third kappa shape index (κ3) is 7.21. The first-order valence-corrected chi connectivity index (χ1v) is 6.14. The van der Waals surface area contributed by atoms with Gasteiger partial charge in [0.1, 0.15) is 6.04 Å². The van der Waals surface area contributed by atoms with Crippen LogP contribution >= 0.6 is 11.8 Å². The molecule has 88 valence electrons. The molecule has 0 amide bonds. The highest BCUT2D eigenvalue weighted by atomic mass is 32.2. The number of unbranched alkanes of at least 4 members (excludes halogenated alkanes) is 1. The second-order valence-electron chi connectivity index (χ2n) is 2.93. The van der Waals surface area contributed by atoms with Gasteiger partial charge in [0.25, 0.3) is 0 Å². The first kappa shape index (κ1) is 14.2. The van der Waals surface area contributed by atoms with E-state index in [-0.39, 0.29) is 6.61 Å². The fourth-order valence-electron chi connectivity index (χ4n) is 0.735. The summed E-state index contributed by atoms with van der Waals surface area (Å²) in [5, 5.41) is 0. The molecule has 2 N–H and O–H groups in total. The minimum atomic E-state index is -0.968. The van der Waals surface area contributed by atoms with Gasteiger partial charge in [-0.05, 0) is 12.7 Å². The Morgan fingerprint density at radius 2 is 2.13 bits per heavy atom. The number of thioether (sulfide) groups is 1. The second kappa shape index (κ2) is 8.55. The average Bonchev–Trinajstić information content (AvgIpc) is 2.18. The van der Waals surface area contributed by atoms with Crippen LogP contribution in [0.25, 0.3) is 0 Å². The maximum atomic E-state index is 11.1. The summed E-state index contributed by atoms with van der Waals surface area (Å²) in [6.45, 7) is 2.23. The maximum absolute atomic E-state index is 11.1. The molecular weight excluding hydrogens is 218 g/mol. The molecule has 0 aromatic carbocycles. The Hall–Kier alpha value is -0.750. The van der Waals surface area contributed by atoms with Crippen molar-refractivity contribution in [3.63, 3.8) is 0 Å². The number of hydrogen-bond donors (Lipinski definition) is 1. The lowest BCUT2D eigenvalue weighted by molar-refractivity contribution is -0.140. The summed E-state index contributed by atoms with van der Waals surface area (Å²) in [5.74, 6) is -0.327. The van der Waals surface area contributed by atoms with E-state index in [2.05, 4.69) is 9.47 Å². The second-order valence-corrected chi connectivity index (χ2v) is 3.85. The van der Waals surface area contributed by atoms with Gasteiger partial charge in [-0.25, -0.2) is 9.59 Å². The van der Waals surface area contributed by atoms with E-state index in [0.717, 1.165) is 12.8 Å². The standard InChI is InChI=1S/C9H17NO4S/c1-3-4-5-13-9(12)14-8(11)7(10)6-15-2/h7H,3-6,10H2,1-2H3/t7-/m0/s1. The molecule has 0 radical (unpaired) electrons. The summed E-state index contributed by atoms with van der Waals surface area (Å²) < 4.78 is 9.01. The van der Waals surface area contributed by atoms with E-state index in [0.29, 0.717) is 5.75 Å². The fourth-order valence-corrected chi connectivity index (χ4v) is 1.23. The highest BCUT2D eigenvalue weighted by Gasteiger charge is 2.18. The van der Waals surface area contributed by atoms with E-state index >= 15 is 0 Å². The van der Waals surface area contributed by atoms with E-state index in [1.165, 1.54) is 11.8 Å². The molecule has 0 saturated carbocycles. The zero-order valence-corrected chi connectivity index (χ0v) is 9.84. The first-order valence-electron chi connectivity index (χ1n) is 4.74. The van der Waals surface area contributed by atoms with E-state index in [9.17, 15) is 9.59 Å². The Morgan fingerprint density at radius 3 is 2.67 bits per heavy atom. The predicted octanol–water partition coefficient (Wildman–Crippen LogP) is 1.16. The van der Waals surface area contributed by atoms with Crippen molar-refractivity contribution in [1.82, 2.24) is 0 Å². The van der Waals surface area contributed by atoms with Crippen LogP contribution in [-0.2, 0) is 14.3 Å². The highest BCUT2D eigenvalue weighted by molar-refractivity contribution is 7.98. The van der Waals surface area contributed by atoms with Crippen LogP contribution < -0.4 is 5.73 Å². The van der Waals surface area contributed by atoms with Crippen molar-refractivity contribution >= 4 is 23.9 Å². The van der Waals surface area contributed by atoms with E-state index < -0.39 is 18.2 Å². The molecule has 0 fully saturated rings. The van der Waals surface area contributed by atoms with Gasteiger partial charge in [0.15, 0.2) is 0 Å². The van der Waals surface area contributed by atoms with Gasteiger partial charge in [0.05, 0.1) is 6.61 Å². The lowest BCUT2D eigenvalue weighted by Gasteiger charge is -2.08. The molecule has 6 heteroatoms. The fraction of sp³-hybridized carbons (Fsp3) is 0.778. The molecule has 0 aliphatic carbocycles. The Balaban J connectivity index is 3.70. The van der Waals surface area contributed by atoms with Gasteiger partial charge in [-0.3, -0.25) is 0 Å². The number of hydrogen-bond acceptors (Lipinski definition) is 6. The molecule has 0 unspecified atom stereocenters. The number of esters is 1. The van der Waals surface area contributed by atoms with Crippen molar-refractivity contribution in [2.75, 3.05) is 18.6 Å². The lowest BCUT2D eigenvalue weighted by atomic mass is 10.4. The van der Waals surface area contributed by atoms with Crippen LogP contribution in [0.1, 0.15) is 19.8 Å². The molecule has 5 nitrogen and oxygen atoms in total. The molecule has 0 aromatic heterocycles. The van der Waals surface area contributed by atoms with Gasteiger partial charge in [-0.1, -0.05) is 13.3 Å². The number of rotatable bonds is 6. The van der Waals surface area contributed by atoms with Gasteiger partial charge < -0.3 is 15.2 Å². The molecule has 0 saturated heterocycles. The Labute approximate surface area is 93.7 Å². The number of ether oxygens (including phenoxy) is 2. The van der Waals surface area contributed by atoms with Gasteiger partial charge >= 0.3 is 12.1 Å². The van der Waals surface area contributed by atoms with Crippen LogP contribution in [0.3, 0.4) is 0 Å². The highest BCUT2D eigenvalue weighted by Crippen LogP contribution is 1.99. The third-order valence-corrected chi connectivity index (χ3v) is 2.24. The van der Waals surface area contributed by atoms with Crippen LogP contribution in [-0.4, -0.2) is 36.8 Å². The van der Waals surface area contributed by atoms with Crippen molar-refractivity contribution in [2.45, 2.75) is 25.8 Å². The summed E-state index contributed by atoms with van der Waals surface area (Å²) >= 11 is 1.41. The van der Waals surface area contributed by atoms with Crippen molar-refractivity contribution in [3.05, 3.63) is 0 Å². The lowest BCUT2D eigenvalue weighted by Crippen LogP contribution is -2.36. The molecule has 0 aliphatic rings. The van der Waals surface area contributed by atoms with Gasteiger partial charge in [0, 0.05) is 5.75 Å². The predicted molar refractivity (Wildman–Crippen MR) is 58.7 cm³/mol. The van der Waals surface area contributed by atoms with Gasteiger partial charge in [0.2, 0.25) is 0 Å². The molecule has 0 spiro atoms. The molecule has 1 atom stereocenters. The largest absolute Gasteiger partial charge is 0.516 e. The van der Waals surface area contributed by atoms with Crippen molar-refractivity contribution in [3.8, 4) is 0 Å². The van der Waals surface area contributed by atoms with Gasteiger partial charge in [-0.15, -0.1) is 0 Å².